The Balaban J connectivity index is 1.58. The van der Waals surface area contributed by atoms with Crippen molar-refractivity contribution in [3.05, 3.63) is 17.7 Å². The van der Waals surface area contributed by atoms with E-state index in [9.17, 15) is 13.2 Å². The molecule has 0 atom stereocenters. The monoisotopic (exact) mass is 461 g/mol. The van der Waals surface area contributed by atoms with Crippen molar-refractivity contribution in [1.29, 1.82) is 0 Å². The number of nitrogens with one attached hydrogen (secondary N) is 3. The predicted molar refractivity (Wildman–Crippen MR) is 128 cm³/mol. The topological polar surface area (TPSA) is 103 Å². The van der Waals surface area contributed by atoms with E-state index in [1.165, 1.54) is 38.8 Å². The molecular formula is C23H35N5O3S. The van der Waals surface area contributed by atoms with Crippen molar-refractivity contribution in [1.82, 2.24) is 15.6 Å². The highest BCUT2D eigenvalue weighted by atomic mass is 32.2. The van der Waals surface area contributed by atoms with Gasteiger partial charge < -0.3 is 16.0 Å². The first-order chi connectivity index (χ1) is 15.3. The SMILES string of the molecule is CC(C)S(=O)(=O)N(C)c1cc(C(=O)NCCCNCC#CC2CC2)cc(NCC2CC2)n1. The summed E-state index contributed by atoms with van der Waals surface area (Å²) >= 11 is 0. The van der Waals surface area contributed by atoms with Crippen molar-refractivity contribution in [3.63, 3.8) is 0 Å². The lowest BCUT2D eigenvalue weighted by molar-refractivity contribution is 0.0953. The molecular weight excluding hydrogens is 426 g/mol. The first kappa shape index (κ1) is 24.3. The van der Waals surface area contributed by atoms with Crippen LogP contribution in [0.25, 0.3) is 0 Å². The zero-order valence-corrected chi connectivity index (χ0v) is 20.1. The van der Waals surface area contributed by atoms with Gasteiger partial charge in [-0.1, -0.05) is 11.8 Å². The minimum Gasteiger partial charge on any atom is -0.370 e. The summed E-state index contributed by atoms with van der Waals surface area (Å²) in [6, 6.07) is 3.21. The van der Waals surface area contributed by atoms with Crippen LogP contribution in [0.15, 0.2) is 12.1 Å². The van der Waals surface area contributed by atoms with E-state index in [-0.39, 0.29) is 11.7 Å². The van der Waals surface area contributed by atoms with Gasteiger partial charge in [0.25, 0.3) is 5.91 Å². The molecule has 0 spiro atoms. The summed E-state index contributed by atoms with van der Waals surface area (Å²) in [6.07, 6.45) is 5.60. The van der Waals surface area contributed by atoms with Crippen molar-refractivity contribution >= 4 is 27.6 Å². The van der Waals surface area contributed by atoms with Crippen LogP contribution in [0.1, 0.15) is 56.3 Å². The zero-order valence-electron chi connectivity index (χ0n) is 19.3. The molecule has 2 fully saturated rings. The lowest BCUT2D eigenvalue weighted by Gasteiger charge is -2.22. The molecule has 2 aliphatic rings. The number of nitrogens with zero attached hydrogens (tertiary/aromatic N) is 2. The highest BCUT2D eigenvalue weighted by Crippen LogP contribution is 2.29. The first-order valence-corrected chi connectivity index (χ1v) is 13.0. The fourth-order valence-corrected chi connectivity index (χ4v) is 3.99. The Morgan fingerprint density at radius 3 is 2.62 bits per heavy atom. The number of anilines is 2. The number of hydrogen-bond donors (Lipinski definition) is 3. The van der Waals surface area contributed by atoms with Crippen LogP contribution in [-0.2, 0) is 10.0 Å². The molecule has 3 N–H and O–H groups in total. The van der Waals surface area contributed by atoms with E-state index < -0.39 is 15.3 Å². The Hall–Kier alpha value is -2.31. The normalized spacial score (nSPS) is 15.8. The van der Waals surface area contributed by atoms with Crippen molar-refractivity contribution in [2.24, 2.45) is 11.8 Å². The van der Waals surface area contributed by atoms with Gasteiger partial charge in [0.05, 0.1) is 11.8 Å². The van der Waals surface area contributed by atoms with Crippen molar-refractivity contribution in [3.8, 4) is 11.8 Å². The van der Waals surface area contributed by atoms with Gasteiger partial charge in [-0.3, -0.25) is 9.10 Å². The third-order valence-corrected chi connectivity index (χ3v) is 7.70. The third-order valence-electron chi connectivity index (χ3n) is 5.56. The van der Waals surface area contributed by atoms with Crippen LogP contribution in [0.4, 0.5) is 11.6 Å². The summed E-state index contributed by atoms with van der Waals surface area (Å²) in [7, 11) is -2.08. The maximum Gasteiger partial charge on any atom is 0.251 e. The van der Waals surface area contributed by atoms with Gasteiger partial charge in [-0.2, -0.15) is 0 Å². The molecule has 1 aromatic heterocycles. The molecule has 0 saturated heterocycles. The van der Waals surface area contributed by atoms with Crippen LogP contribution in [0.3, 0.4) is 0 Å². The molecule has 1 amide bonds. The van der Waals surface area contributed by atoms with Crippen LogP contribution in [0, 0.1) is 23.7 Å². The van der Waals surface area contributed by atoms with Crippen LogP contribution in [-0.4, -0.2) is 57.8 Å². The van der Waals surface area contributed by atoms with E-state index in [1.54, 1.807) is 19.9 Å². The number of sulfonamides is 1. The highest BCUT2D eigenvalue weighted by molar-refractivity contribution is 7.93. The summed E-state index contributed by atoms with van der Waals surface area (Å²) in [5.41, 5.74) is 0.391. The fourth-order valence-electron chi connectivity index (χ4n) is 3.01. The van der Waals surface area contributed by atoms with Gasteiger partial charge in [0.1, 0.15) is 11.6 Å². The molecule has 0 aliphatic heterocycles. The molecule has 0 radical (unpaired) electrons. The molecule has 32 heavy (non-hydrogen) atoms. The van der Waals surface area contributed by atoms with Crippen molar-refractivity contribution in [2.45, 2.75) is 51.2 Å². The van der Waals surface area contributed by atoms with Gasteiger partial charge in [0.15, 0.2) is 0 Å². The molecule has 2 saturated carbocycles. The molecule has 9 heteroatoms. The van der Waals surface area contributed by atoms with E-state index in [0.717, 1.165) is 23.8 Å². The molecule has 2 aliphatic carbocycles. The lowest BCUT2D eigenvalue weighted by atomic mass is 10.2. The zero-order chi connectivity index (χ0) is 23.1. The molecule has 176 valence electrons. The van der Waals surface area contributed by atoms with Gasteiger partial charge in [0.2, 0.25) is 10.0 Å². The van der Waals surface area contributed by atoms with E-state index >= 15 is 0 Å². The van der Waals surface area contributed by atoms with Gasteiger partial charge in [-0.05, 0) is 70.5 Å². The minimum absolute atomic E-state index is 0.237. The van der Waals surface area contributed by atoms with Crippen LogP contribution >= 0.6 is 0 Å². The van der Waals surface area contributed by atoms with Gasteiger partial charge >= 0.3 is 0 Å². The summed E-state index contributed by atoms with van der Waals surface area (Å²) < 4.78 is 26.4. The van der Waals surface area contributed by atoms with Crippen LogP contribution < -0.4 is 20.3 Å². The van der Waals surface area contributed by atoms with Gasteiger partial charge in [-0.25, -0.2) is 13.4 Å². The molecule has 1 heterocycles. The Kier molecular flexibility index (Phi) is 8.38. The Morgan fingerprint density at radius 1 is 1.22 bits per heavy atom. The molecule has 3 rings (SSSR count). The summed E-state index contributed by atoms with van der Waals surface area (Å²) in [5, 5.41) is 8.83. The maximum atomic E-state index is 12.7. The van der Waals surface area contributed by atoms with E-state index in [4.69, 9.17) is 0 Å². The number of carbonyl (C=O) groups excluding carboxylic acids is 1. The smallest absolute Gasteiger partial charge is 0.251 e. The summed E-state index contributed by atoms with van der Waals surface area (Å²) in [5.74, 6) is 8.07. The first-order valence-electron chi connectivity index (χ1n) is 11.5. The summed E-state index contributed by atoms with van der Waals surface area (Å²) in [6.45, 7) is 5.98. The summed E-state index contributed by atoms with van der Waals surface area (Å²) in [4.78, 5) is 17.2. The minimum atomic E-state index is -3.55. The molecule has 0 aromatic carbocycles. The highest BCUT2D eigenvalue weighted by Gasteiger charge is 2.26. The lowest BCUT2D eigenvalue weighted by Crippen LogP contribution is -2.34. The van der Waals surface area contributed by atoms with Gasteiger partial charge in [0, 0.05) is 31.6 Å². The average Bonchev–Trinajstić information content (AvgIpc) is 3.68. The number of aromatic nitrogens is 1. The van der Waals surface area contributed by atoms with Crippen molar-refractivity contribution in [2.75, 3.05) is 42.8 Å². The largest absolute Gasteiger partial charge is 0.370 e. The van der Waals surface area contributed by atoms with E-state index in [2.05, 4.69) is 32.8 Å². The van der Waals surface area contributed by atoms with Gasteiger partial charge in [-0.15, -0.1) is 0 Å². The number of amides is 1. The average molecular weight is 462 g/mol. The fraction of sp³-hybridized carbons (Fsp3) is 0.652. The quantitative estimate of drug-likeness (QED) is 0.326. The standard InChI is InChI=1S/C23H35N5O3S/c1-17(2)32(30,31)28(3)22-15-20(14-21(27-22)26-16-19-9-10-19)23(29)25-13-5-12-24-11-4-6-18-7-8-18/h14-15,17-19,24H,5,7-13,16H2,1-3H3,(H,25,29)(H,26,27). The molecule has 0 unspecified atom stereocenters. The predicted octanol–water partition coefficient (Wildman–Crippen LogP) is 2.20. The second kappa shape index (κ2) is 11.0. The second-order valence-corrected chi connectivity index (χ2v) is 11.4. The molecule has 8 nitrogen and oxygen atoms in total. The second-order valence-electron chi connectivity index (χ2n) is 8.87. The van der Waals surface area contributed by atoms with E-state index in [0.29, 0.717) is 36.3 Å². The Morgan fingerprint density at radius 2 is 1.97 bits per heavy atom. The van der Waals surface area contributed by atoms with Crippen LogP contribution in [0.5, 0.6) is 0 Å². The number of carbonyl (C=O) groups is 1. The Bertz CT molecular complexity index is 960. The number of rotatable bonds is 12. The number of pyridine rings is 1. The number of hydrogen-bond acceptors (Lipinski definition) is 6. The Labute approximate surface area is 192 Å². The van der Waals surface area contributed by atoms with Crippen molar-refractivity contribution < 1.29 is 13.2 Å². The maximum absolute atomic E-state index is 12.7. The van der Waals surface area contributed by atoms with E-state index in [1.807, 2.05) is 0 Å². The molecule has 0 bridgehead atoms. The van der Waals surface area contributed by atoms with Crippen LogP contribution in [0.2, 0.25) is 0 Å². The molecule has 1 aromatic rings. The third kappa shape index (κ3) is 7.38.